The average Bonchev–Trinajstić information content (AvgIpc) is 2.11. The summed E-state index contributed by atoms with van der Waals surface area (Å²) in [4.78, 5) is 11.4. The van der Waals surface area contributed by atoms with E-state index in [4.69, 9.17) is 5.11 Å². The van der Waals surface area contributed by atoms with E-state index in [2.05, 4.69) is 12.6 Å². The fraction of sp³-hybridized carbons (Fsp3) is 0.300. The number of thiol groups is 1. The minimum Gasteiger partial charge on any atom is -0.478 e. The topological polar surface area (TPSA) is 71.4 Å². The van der Waals surface area contributed by atoms with Gasteiger partial charge >= 0.3 is 5.97 Å². The van der Waals surface area contributed by atoms with Crippen molar-refractivity contribution in [2.75, 3.05) is 6.26 Å². The summed E-state index contributed by atoms with van der Waals surface area (Å²) in [6.45, 7) is 3.21. The van der Waals surface area contributed by atoms with Gasteiger partial charge in [-0.05, 0) is 31.0 Å². The molecule has 0 fully saturated rings. The average molecular weight is 260 g/mol. The lowest BCUT2D eigenvalue weighted by atomic mass is 10.1. The summed E-state index contributed by atoms with van der Waals surface area (Å²) in [6, 6.07) is 1.18. The number of hydrogen-bond donors (Lipinski definition) is 2. The third kappa shape index (κ3) is 2.22. The first-order valence-corrected chi connectivity index (χ1v) is 6.76. The Bertz CT molecular complexity index is 559. The number of carboxylic acids is 1. The molecule has 0 heterocycles. The highest BCUT2D eigenvalue weighted by Crippen LogP contribution is 2.28. The van der Waals surface area contributed by atoms with E-state index in [0.717, 1.165) is 6.26 Å². The minimum absolute atomic E-state index is 0.0144. The molecule has 0 atom stereocenters. The standard InChI is InChI=1S/C10H12O4S2/c1-5-7(10(11)12)4-8(16(3,13)14)6(2)9(5)15/h4,15H,1-3H3,(H,11,12). The molecule has 0 radical (unpaired) electrons. The molecule has 1 N–H and O–H groups in total. The van der Waals surface area contributed by atoms with Crippen LogP contribution in [-0.2, 0) is 9.84 Å². The number of benzene rings is 1. The zero-order valence-corrected chi connectivity index (χ0v) is 10.8. The number of carboxylic acid groups (broad SMARTS) is 1. The maximum atomic E-state index is 11.5. The molecule has 0 unspecified atom stereocenters. The fourth-order valence-corrected chi connectivity index (χ4v) is 2.79. The maximum absolute atomic E-state index is 11.5. The van der Waals surface area contributed by atoms with Crippen molar-refractivity contribution < 1.29 is 18.3 Å². The first kappa shape index (κ1) is 13.1. The van der Waals surface area contributed by atoms with Gasteiger partial charge in [-0.15, -0.1) is 12.6 Å². The van der Waals surface area contributed by atoms with Crippen LogP contribution in [-0.4, -0.2) is 25.7 Å². The highest BCUT2D eigenvalue weighted by molar-refractivity contribution is 7.90. The Hall–Kier alpha value is -1.01. The summed E-state index contributed by atoms with van der Waals surface area (Å²) in [6.07, 6.45) is 1.05. The Morgan fingerprint density at radius 1 is 1.31 bits per heavy atom. The summed E-state index contributed by atoms with van der Waals surface area (Å²) in [5.74, 6) is -1.15. The van der Waals surface area contributed by atoms with Gasteiger partial charge in [-0.2, -0.15) is 0 Å². The zero-order chi connectivity index (χ0) is 12.7. The molecule has 0 bridgehead atoms. The fourth-order valence-electron chi connectivity index (χ4n) is 1.48. The van der Waals surface area contributed by atoms with E-state index < -0.39 is 15.8 Å². The molecule has 0 saturated carbocycles. The molecule has 0 aromatic heterocycles. The van der Waals surface area contributed by atoms with Gasteiger partial charge in [0.15, 0.2) is 9.84 Å². The van der Waals surface area contributed by atoms with Gasteiger partial charge in [0.2, 0.25) is 0 Å². The lowest BCUT2D eigenvalue weighted by Crippen LogP contribution is -2.08. The molecule has 4 nitrogen and oxygen atoms in total. The van der Waals surface area contributed by atoms with Gasteiger partial charge in [0.05, 0.1) is 10.5 Å². The Morgan fingerprint density at radius 2 is 1.81 bits per heavy atom. The predicted molar refractivity (Wildman–Crippen MR) is 63.2 cm³/mol. The lowest BCUT2D eigenvalue weighted by Gasteiger charge is -2.12. The van der Waals surface area contributed by atoms with Gasteiger partial charge in [-0.3, -0.25) is 0 Å². The summed E-state index contributed by atoms with van der Waals surface area (Å²) in [5, 5.41) is 8.94. The van der Waals surface area contributed by atoms with Crippen LogP contribution in [0.15, 0.2) is 15.9 Å². The van der Waals surface area contributed by atoms with Crippen molar-refractivity contribution >= 4 is 28.4 Å². The van der Waals surface area contributed by atoms with Crippen LogP contribution in [0.4, 0.5) is 0 Å². The van der Waals surface area contributed by atoms with Crippen LogP contribution < -0.4 is 0 Å². The maximum Gasteiger partial charge on any atom is 0.336 e. The molecule has 0 amide bonds. The SMILES string of the molecule is Cc1c(C(=O)O)cc(S(C)(=O)=O)c(C)c1S. The van der Waals surface area contributed by atoms with Crippen molar-refractivity contribution in [2.24, 2.45) is 0 Å². The van der Waals surface area contributed by atoms with Gasteiger partial charge in [-0.1, -0.05) is 0 Å². The van der Waals surface area contributed by atoms with Gasteiger partial charge in [-0.25, -0.2) is 13.2 Å². The predicted octanol–water partition coefficient (Wildman–Crippen LogP) is 1.69. The van der Waals surface area contributed by atoms with E-state index in [9.17, 15) is 13.2 Å². The molecule has 0 spiro atoms. The second-order valence-electron chi connectivity index (χ2n) is 3.60. The largest absolute Gasteiger partial charge is 0.478 e. The Labute approximate surface area is 99.6 Å². The molecule has 0 aliphatic carbocycles. The lowest BCUT2D eigenvalue weighted by molar-refractivity contribution is 0.0695. The van der Waals surface area contributed by atoms with Crippen LogP contribution in [0.3, 0.4) is 0 Å². The van der Waals surface area contributed by atoms with Crippen molar-refractivity contribution in [2.45, 2.75) is 23.6 Å². The van der Waals surface area contributed by atoms with Crippen molar-refractivity contribution in [3.8, 4) is 0 Å². The molecular weight excluding hydrogens is 248 g/mol. The summed E-state index contributed by atoms with van der Waals surface area (Å²) < 4.78 is 22.9. The van der Waals surface area contributed by atoms with Crippen LogP contribution in [0.1, 0.15) is 21.5 Å². The van der Waals surface area contributed by atoms with Crippen LogP contribution in [0.2, 0.25) is 0 Å². The first-order chi connectivity index (χ1) is 7.16. The minimum atomic E-state index is -3.44. The molecule has 1 aromatic carbocycles. The second-order valence-corrected chi connectivity index (χ2v) is 6.03. The number of hydrogen-bond acceptors (Lipinski definition) is 4. The molecule has 0 saturated heterocycles. The quantitative estimate of drug-likeness (QED) is 0.794. The van der Waals surface area contributed by atoms with E-state index in [1.165, 1.54) is 6.07 Å². The van der Waals surface area contributed by atoms with E-state index in [0.29, 0.717) is 16.0 Å². The van der Waals surface area contributed by atoms with Crippen molar-refractivity contribution in [3.05, 3.63) is 22.8 Å². The third-order valence-corrected chi connectivity index (χ3v) is 4.28. The third-order valence-electron chi connectivity index (χ3n) is 2.39. The highest BCUT2D eigenvalue weighted by atomic mass is 32.2. The summed E-state index contributed by atoms with van der Waals surface area (Å²) in [7, 11) is -3.44. The summed E-state index contributed by atoms with van der Waals surface area (Å²) in [5.41, 5.74) is 0.921. The van der Waals surface area contributed by atoms with E-state index in [-0.39, 0.29) is 10.5 Å². The molecule has 16 heavy (non-hydrogen) atoms. The molecule has 1 aromatic rings. The molecule has 88 valence electrons. The molecular formula is C10H12O4S2. The van der Waals surface area contributed by atoms with Crippen LogP contribution in [0, 0.1) is 13.8 Å². The van der Waals surface area contributed by atoms with Gasteiger partial charge in [0.25, 0.3) is 0 Å². The normalized spacial score (nSPS) is 11.5. The Kier molecular flexibility index (Phi) is 3.35. The van der Waals surface area contributed by atoms with Crippen molar-refractivity contribution in [3.63, 3.8) is 0 Å². The summed E-state index contributed by atoms with van der Waals surface area (Å²) >= 11 is 4.15. The molecule has 0 aliphatic rings. The molecule has 1 rings (SSSR count). The second kappa shape index (κ2) is 4.10. The van der Waals surface area contributed by atoms with Crippen molar-refractivity contribution in [1.29, 1.82) is 0 Å². The van der Waals surface area contributed by atoms with Crippen LogP contribution in [0.25, 0.3) is 0 Å². The van der Waals surface area contributed by atoms with Crippen LogP contribution >= 0.6 is 12.6 Å². The monoisotopic (exact) mass is 260 g/mol. The molecule has 0 aliphatic heterocycles. The van der Waals surface area contributed by atoms with Gasteiger partial charge < -0.3 is 5.11 Å². The Balaban J connectivity index is 3.74. The number of rotatable bonds is 2. The van der Waals surface area contributed by atoms with E-state index >= 15 is 0 Å². The van der Waals surface area contributed by atoms with Crippen molar-refractivity contribution in [1.82, 2.24) is 0 Å². The van der Waals surface area contributed by atoms with E-state index in [1.54, 1.807) is 13.8 Å². The van der Waals surface area contributed by atoms with E-state index in [1.807, 2.05) is 0 Å². The van der Waals surface area contributed by atoms with Gasteiger partial charge in [0.1, 0.15) is 0 Å². The number of carbonyl (C=O) groups is 1. The van der Waals surface area contributed by atoms with Crippen LogP contribution in [0.5, 0.6) is 0 Å². The number of aromatic carboxylic acids is 1. The Morgan fingerprint density at radius 3 is 2.19 bits per heavy atom. The zero-order valence-electron chi connectivity index (χ0n) is 9.10. The first-order valence-electron chi connectivity index (χ1n) is 4.42. The smallest absolute Gasteiger partial charge is 0.336 e. The molecule has 6 heteroatoms. The highest BCUT2D eigenvalue weighted by Gasteiger charge is 2.19. The number of sulfone groups is 1. The van der Waals surface area contributed by atoms with Gasteiger partial charge in [0, 0.05) is 11.2 Å².